The van der Waals surface area contributed by atoms with Crippen LogP contribution < -0.4 is 5.32 Å². The van der Waals surface area contributed by atoms with Gasteiger partial charge in [0.15, 0.2) is 0 Å². The van der Waals surface area contributed by atoms with Gasteiger partial charge in [-0.05, 0) is 31.2 Å². The maximum Gasteiger partial charge on any atom is 0.251 e. The van der Waals surface area contributed by atoms with Gasteiger partial charge in [-0.2, -0.15) is 0 Å². The summed E-state index contributed by atoms with van der Waals surface area (Å²) >= 11 is 1.60. The van der Waals surface area contributed by atoms with Crippen molar-refractivity contribution in [2.75, 3.05) is 13.6 Å². The van der Waals surface area contributed by atoms with Crippen molar-refractivity contribution in [1.82, 2.24) is 15.2 Å². The fourth-order valence-electron chi connectivity index (χ4n) is 2.60. The highest BCUT2D eigenvalue weighted by molar-refractivity contribution is 7.18. The summed E-state index contributed by atoms with van der Waals surface area (Å²) in [6, 6.07) is 16.8. The van der Waals surface area contributed by atoms with Crippen LogP contribution in [0.1, 0.15) is 34.8 Å². The Morgan fingerprint density at radius 2 is 1.81 bits per heavy atom. The molecule has 5 nitrogen and oxygen atoms in total. The van der Waals surface area contributed by atoms with Gasteiger partial charge in [-0.15, -0.1) is 11.3 Å². The van der Waals surface area contributed by atoms with Gasteiger partial charge in [0.2, 0.25) is 5.91 Å². The molecule has 2 aromatic carbocycles. The summed E-state index contributed by atoms with van der Waals surface area (Å²) < 4.78 is 1.12. The number of rotatable bonds is 6. The molecule has 0 fully saturated rings. The minimum absolute atomic E-state index is 0.0230. The largest absolute Gasteiger partial charge is 0.352 e. The van der Waals surface area contributed by atoms with E-state index in [0.29, 0.717) is 12.1 Å². The molecule has 3 rings (SSSR count). The first-order valence-corrected chi connectivity index (χ1v) is 9.32. The molecular weight excluding hydrogens is 346 g/mol. The Bertz CT molecular complexity index is 875. The molecular formula is C20H21N3O2S. The zero-order chi connectivity index (χ0) is 18.5. The summed E-state index contributed by atoms with van der Waals surface area (Å²) in [6.07, 6.45) is 0.254. The monoisotopic (exact) mass is 367 g/mol. The number of benzene rings is 2. The predicted octanol–water partition coefficient (Wildman–Crippen LogP) is 3.64. The van der Waals surface area contributed by atoms with E-state index in [4.69, 9.17) is 0 Å². The van der Waals surface area contributed by atoms with Gasteiger partial charge in [0.1, 0.15) is 5.01 Å². The van der Waals surface area contributed by atoms with Crippen molar-refractivity contribution in [1.29, 1.82) is 0 Å². The second-order valence-electron chi connectivity index (χ2n) is 6.07. The highest BCUT2D eigenvalue weighted by Gasteiger charge is 2.20. The topological polar surface area (TPSA) is 62.3 Å². The van der Waals surface area contributed by atoms with Crippen LogP contribution >= 0.6 is 11.3 Å². The van der Waals surface area contributed by atoms with Crippen LogP contribution in [-0.4, -0.2) is 35.3 Å². The molecule has 134 valence electrons. The SMILES string of the molecule is C[C@@H](c1nc2ccccc2s1)N(C)C(=O)CCNC(=O)c1ccccc1. The van der Waals surface area contributed by atoms with Crippen LogP contribution in [0.4, 0.5) is 0 Å². The normalized spacial score (nSPS) is 11.9. The smallest absolute Gasteiger partial charge is 0.251 e. The Morgan fingerprint density at radius 1 is 1.12 bits per heavy atom. The van der Waals surface area contributed by atoms with E-state index in [0.717, 1.165) is 15.2 Å². The summed E-state index contributed by atoms with van der Waals surface area (Å²) in [5.74, 6) is -0.189. The lowest BCUT2D eigenvalue weighted by atomic mass is 10.2. The lowest BCUT2D eigenvalue weighted by molar-refractivity contribution is -0.131. The molecule has 26 heavy (non-hydrogen) atoms. The third kappa shape index (κ3) is 4.08. The minimum Gasteiger partial charge on any atom is -0.352 e. The van der Waals surface area contributed by atoms with Gasteiger partial charge >= 0.3 is 0 Å². The molecule has 0 spiro atoms. The molecule has 1 heterocycles. The first kappa shape index (κ1) is 18.1. The lowest BCUT2D eigenvalue weighted by Crippen LogP contribution is -2.33. The van der Waals surface area contributed by atoms with Crippen LogP contribution in [0.3, 0.4) is 0 Å². The van der Waals surface area contributed by atoms with Crippen LogP contribution in [0.2, 0.25) is 0 Å². The van der Waals surface area contributed by atoms with E-state index in [1.807, 2.05) is 49.4 Å². The number of fused-ring (bicyclic) bond motifs is 1. The quantitative estimate of drug-likeness (QED) is 0.724. The van der Waals surface area contributed by atoms with Gasteiger partial charge in [0.05, 0.1) is 16.3 Å². The summed E-state index contributed by atoms with van der Waals surface area (Å²) in [5.41, 5.74) is 1.55. The van der Waals surface area contributed by atoms with E-state index < -0.39 is 0 Å². The van der Waals surface area contributed by atoms with Crippen LogP contribution in [-0.2, 0) is 4.79 Å². The Kier molecular flexibility index (Phi) is 5.63. The van der Waals surface area contributed by atoms with E-state index in [9.17, 15) is 9.59 Å². The Balaban J connectivity index is 1.54. The molecule has 0 saturated heterocycles. The number of hydrogen-bond acceptors (Lipinski definition) is 4. The molecule has 0 unspecified atom stereocenters. The maximum atomic E-state index is 12.4. The number of hydrogen-bond donors (Lipinski definition) is 1. The molecule has 6 heteroatoms. The van der Waals surface area contributed by atoms with Gasteiger partial charge in [0, 0.05) is 25.6 Å². The maximum absolute atomic E-state index is 12.4. The first-order chi connectivity index (χ1) is 12.6. The van der Waals surface area contributed by atoms with Crippen molar-refractivity contribution in [2.45, 2.75) is 19.4 Å². The van der Waals surface area contributed by atoms with E-state index in [1.54, 1.807) is 35.4 Å². The Labute approximate surface area is 156 Å². The van der Waals surface area contributed by atoms with Gasteiger partial charge in [-0.25, -0.2) is 4.98 Å². The van der Waals surface area contributed by atoms with Crippen LogP contribution in [0, 0.1) is 0 Å². The van der Waals surface area contributed by atoms with Crippen LogP contribution in [0.15, 0.2) is 54.6 Å². The molecule has 0 bridgehead atoms. The Hall–Kier alpha value is -2.73. The number of aromatic nitrogens is 1. The van der Waals surface area contributed by atoms with Gasteiger partial charge in [0.25, 0.3) is 5.91 Å². The number of para-hydroxylation sites is 1. The number of nitrogens with one attached hydrogen (secondary N) is 1. The lowest BCUT2D eigenvalue weighted by Gasteiger charge is -2.23. The summed E-state index contributed by atoms with van der Waals surface area (Å²) in [5, 5.41) is 3.70. The van der Waals surface area contributed by atoms with E-state index >= 15 is 0 Å². The first-order valence-electron chi connectivity index (χ1n) is 8.50. The van der Waals surface area contributed by atoms with Crippen molar-refractivity contribution in [3.8, 4) is 0 Å². The number of carbonyl (C=O) groups is 2. The zero-order valence-electron chi connectivity index (χ0n) is 14.8. The third-order valence-corrected chi connectivity index (χ3v) is 5.51. The Morgan fingerprint density at radius 3 is 2.54 bits per heavy atom. The van der Waals surface area contributed by atoms with Crippen molar-refractivity contribution in [3.05, 3.63) is 65.2 Å². The average molecular weight is 367 g/mol. The molecule has 0 radical (unpaired) electrons. The minimum atomic E-state index is -0.166. The summed E-state index contributed by atoms with van der Waals surface area (Å²) in [6.45, 7) is 2.28. The second-order valence-corrected chi connectivity index (χ2v) is 7.13. The fourth-order valence-corrected chi connectivity index (χ4v) is 3.66. The molecule has 3 aromatic rings. The molecule has 0 aliphatic rings. The highest BCUT2D eigenvalue weighted by Crippen LogP contribution is 2.28. The van der Waals surface area contributed by atoms with Crippen molar-refractivity contribution < 1.29 is 9.59 Å². The van der Waals surface area contributed by atoms with Gasteiger partial charge in [-0.1, -0.05) is 30.3 Å². The molecule has 0 aliphatic heterocycles. The van der Waals surface area contributed by atoms with Gasteiger partial charge < -0.3 is 10.2 Å². The van der Waals surface area contributed by atoms with Crippen LogP contribution in [0.5, 0.6) is 0 Å². The predicted molar refractivity (Wildman–Crippen MR) is 104 cm³/mol. The second kappa shape index (κ2) is 8.10. The van der Waals surface area contributed by atoms with E-state index in [2.05, 4.69) is 10.3 Å². The average Bonchev–Trinajstić information content (AvgIpc) is 3.11. The van der Waals surface area contributed by atoms with Crippen molar-refractivity contribution in [2.24, 2.45) is 0 Å². The number of amides is 2. The van der Waals surface area contributed by atoms with E-state index in [-0.39, 0.29) is 24.3 Å². The zero-order valence-corrected chi connectivity index (χ0v) is 15.6. The molecule has 1 aromatic heterocycles. The third-order valence-electron chi connectivity index (χ3n) is 4.30. The fraction of sp³-hybridized carbons (Fsp3) is 0.250. The van der Waals surface area contributed by atoms with E-state index in [1.165, 1.54) is 0 Å². The van der Waals surface area contributed by atoms with Crippen LogP contribution in [0.25, 0.3) is 10.2 Å². The molecule has 1 atom stereocenters. The van der Waals surface area contributed by atoms with Gasteiger partial charge in [-0.3, -0.25) is 9.59 Å². The molecule has 0 aliphatic carbocycles. The molecule has 1 N–H and O–H groups in total. The summed E-state index contributed by atoms with van der Waals surface area (Å²) in [7, 11) is 1.78. The number of nitrogens with zero attached hydrogens (tertiary/aromatic N) is 2. The molecule has 2 amide bonds. The number of thiazole rings is 1. The number of carbonyl (C=O) groups excluding carboxylic acids is 2. The van der Waals surface area contributed by atoms with Crippen molar-refractivity contribution in [3.63, 3.8) is 0 Å². The summed E-state index contributed by atoms with van der Waals surface area (Å²) in [4.78, 5) is 30.8. The van der Waals surface area contributed by atoms with Crippen molar-refractivity contribution >= 4 is 33.4 Å². The highest BCUT2D eigenvalue weighted by atomic mass is 32.1. The molecule has 0 saturated carbocycles. The standard InChI is InChI=1S/C20H21N3O2S/c1-14(20-22-16-10-6-7-11-17(16)26-20)23(2)18(24)12-13-21-19(25)15-8-4-3-5-9-15/h3-11,14H,12-13H2,1-2H3,(H,21,25)/t14-/m0/s1.